The third-order valence-electron chi connectivity index (χ3n) is 1.15. The van der Waals surface area contributed by atoms with Gasteiger partial charge in [-0.15, -0.1) is 0 Å². The van der Waals surface area contributed by atoms with Crippen molar-refractivity contribution in [3.63, 3.8) is 0 Å². The van der Waals surface area contributed by atoms with Crippen LogP contribution in [0.1, 0.15) is 6.42 Å². The van der Waals surface area contributed by atoms with Gasteiger partial charge in [-0.05, 0) is 17.9 Å². The minimum atomic E-state index is -1.39. The molecule has 0 unspecified atom stereocenters. The summed E-state index contributed by atoms with van der Waals surface area (Å²) < 4.78 is 0. The molecule has 14 heavy (non-hydrogen) atoms. The van der Waals surface area contributed by atoms with Gasteiger partial charge in [-0.3, -0.25) is 0 Å². The van der Waals surface area contributed by atoms with Crippen LogP contribution in [0.5, 0.6) is 0 Å². The number of aliphatic hydroxyl groups is 2. The van der Waals surface area contributed by atoms with Crippen molar-refractivity contribution in [1.82, 2.24) is 0 Å². The van der Waals surface area contributed by atoms with Gasteiger partial charge in [0.2, 0.25) is 0 Å². The van der Waals surface area contributed by atoms with Gasteiger partial charge < -0.3 is 15.3 Å². The SMILES string of the molecule is O=C(O)[C@H](O)C/C=C/C#CC#CCO. The normalized spacial score (nSPS) is 11.0. The zero-order chi connectivity index (χ0) is 10.8. The van der Waals surface area contributed by atoms with Gasteiger partial charge >= 0.3 is 5.97 Å². The summed E-state index contributed by atoms with van der Waals surface area (Å²) in [6.45, 7) is -0.240. The summed E-state index contributed by atoms with van der Waals surface area (Å²) in [7, 11) is 0. The molecule has 0 saturated heterocycles. The first kappa shape index (κ1) is 12.2. The van der Waals surface area contributed by atoms with Crippen LogP contribution in [0.2, 0.25) is 0 Å². The van der Waals surface area contributed by atoms with Crippen molar-refractivity contribution in [3.05, 3.63) is 12.2 Å². The van der Waals surface area contributed by atoms with Gasteiger partial charge in [0.15, 0.2) is 6.10 Å². The van der Waals surface area contributed by atoms with E-state index in [0.29, 0.717) is 0 Å². The third kappa shape index (κ3) is 6.93. The van der Waals surface area contributed by atoms with Crippen molar-refractivity contribution in [2.24, 2.45) is 0 Å². The monoisotopic (exact) mass is 194 g/mol. The third-order valence-corrected chi connectivity index (χ3v) is 1.15. The molecule has 0 aliphatic rings. The van der Waals surface area contributed by atoms with Crippen LogP contribution in [0.3, 0.4) is 0 Å². The standard InChI is InChI=1S/C10H10O4/c11-8-6-4-2-1-3-5-7-9(12)10(13)14/h3,5,9,11-12H,7-8H2,(H,13,14)/b5-3+/t9-/m1/s1. The van der Waals surface area contributed by atoms with Crippen LogP contribution in [-0.4, -0.2) is 34.0 Å². The number of aliphatic carboxylic acids is 1. The molecule has 3 N–H and O–H groups in total. The van der Waals surface area contributed by atoms with Gasteiger partial charge in [-0.2, -0.15) is 0 Å². The van der Waals surface area contributed by atoms with Crippen LogP contribution in [0.25, 0.3) is 0 Å². The highest BCUT2D eigenvalue weighted by atomic mass is 16.4. The molecule has 4 nitrogen and oxygen atoms in total. The molecule has 0 heterocycles. The van der Waals surface area contributed by atoms with E-state index in [4.69, 9.17) is 15.3 Å². The van der Waals surface area contributed by atoms with E-state index in [1.807, 2.05) is 0 Å². The summed E-state index contributed by atoms with van der Waals surface area (Å²) >= 11 is 0. The topological polar surface area (TPSA) is 77.8 Å². The largest absolute Gasteiger partial charge is 0.479 e. The lowest BCUT2D eigenvalue weighted by Gasteiger charge is -1.97. The van der Waals surface area contributed by atoms with Gasteiger partial charge in [0, 0.05) is 6.42 Å². The van der Waals surface area contributed by atoms with Crippen LogP contribution >= 0.6 is 0 Å². The Labute approximate surface area is 81.9 Å². The van der Waals surface area contributed by atoms with E-state index >= 15 is 0 Å². The maximum absolute atomic E-state index is 10.1. The van der Waals surface area contributed by atoms with Crippen LogP contribution in [0.4, 0.5) is 0 Å². The first-order valence-electron chi connectivity index (χ1n) is 3.83. The first-order chi connectivity index (χ1) is 6.68. The Morgan fingerprint density at radius 3 is 2.71 bits per heavy atom. The summed E-state index contributed by atoms with van der Waals surface area (Å²) in [5, 5.41) is 25.3. The number of hydrogen-bond donors (Lipinski definition) is 3. The average molecular weight is 194 g/mol. The molecule has 0 radical (unpaired) electrons. The second kappa shape index (κ2) is 7.88. The fraction of sp³-hybridized carbons (Fsp3) is 0.300. The molecule has 4 heteroatoms. The molecule has 0 saturated carbocycles. The van der Waals surface area contributed by atoms with Gasteiger partial charge in [-0.1, -0.05) is 17.9 Å². The molecule has 0 aromatic carbocycles. The Kier molecular flexibility index (Phi) is 6.89. The van der Waals surface area contributed by atoms with E-state index in [0.717, 1.165) is 0 Å². The van der Waals surface area contributed by atoms with Gasteiger partial charge in [0.25, 0.3) is 0 Å². The molecular formula is C10H10O4. The second-order valence-corrected chi connectivity index (χ2v) is 2.22. The first-order valence-corrected chi connectivity index (χ1v) is 3.83. The number of carbonyl (C=O) groups is 1. The Morgan fingerprint density at radius 2 is 2.14 bits per heavy atom. The van der Waals surface area contributed by atoms with Gasteiger partial charge in [0.1, 0.15) is 6.61 Å². The summed E-state index contributed by atoms with van der Waals surface area (Å²) in [4.78, 5) is 10.1. The Bertz CT molecular complexity index is 322. The quantitative estimate of drug-likeness (QED) is 0.523. The summed E-state index contributed by atoms with van der Waals surface area (Å²) in [5.74, 6) is 8.31. The highest BCUT2D eigenvalue weighted by Crippen LogP contribution is 1.92. The minimum Gasteiger partial charge on any atom is -0.479 e. The molecule has 0 spiro atoms. The molecular weight excluding hydrogens is 184 g/mol. The average Bonchev–Trinajstić information content (AvgIpc) is 2.16. The number of carboxylic acid groups (broad SMARTS) is 1. The van der Waals surface area contributed by atoms with E-state index < -0.39 is 12.1 Å². The number of carboxylic acids is 1. The Balaban J connectivity index is 3.83. The summed E-state index contributed by atoms with van der Waals surface area (Å²) in [5.41, 5.74) is 0. The zero-order valence-electron chi connectivity index (χ0n) is 7.40. The molecule has 0 aromatic heterocycles. The molecule has 74 valence electrons. The van der Waals surface area contributed by atoms with E-state index in [1.165, 1.54) is 12.2 Å². The van der Waals surface area contributed by atoms with Crippen molar-refractivity contribution < 1.29 is 20.1 Å². The predicted molar refractivity (Wildman–Crippen MR) is 50.0 cm³/mol. The van der Waals surface area contributed by atoms with E-state index in [1.54, 1.807) is 0 Å². The lowest BCUT2D eigenvalue weighted by Crippen LogP contribution is -2.17. The predicted octanol–water partition coefficient (Wildman–Crippen LogP) is -0.623. The maximum atomic E-state index is 10.1. The van der Waals surface area contributed by atoms with Crippen molar-refractivity contribution in [2.75, 3.05) is 6.61 Å². The molecule has 1 atom stereocenters. The molecule has 0 amide bonds. The van der Waals surface area contributed by atoms with Crippen molar-refractivity contribution in [1.29, 1.82) is 0 Å². The van der Waals surface area contributed by atoms with Gasteiger partial charge in [-0.25, -0.2) is 4.79 Å². The van der Waals surface area contributed by atoms with E-state index in [9.17, 15) is 4.79 Å². The van der Waals surface area contributed by atoms with Crippen molar-refractivity contribution in [3.8, 4) is 23.7 Å². The van der Waals surface area contributed by atoms with E-state index in [-0.39, 0.29) is 13.0 Å². The lowest BCUT2D eigenvalue weighted by molar-refractivity contribution is -0.146. The molecule has 0 aliphatic carbocycles. The number of hydrogen-bond acceptors (Lipinski definition) is 3. The number of aliphatic hydroxyl groups excluding tert-OH is 2. The van der Waals surface area contributed by atoms with Crippen molar-refractivity contribution >= 4 is 5.97 Å². The van der Waals surface area contributed by atoms with Crippen LogP contribution in [-0.2, 0) is 4.79 Å². The summed E-state index contributed by atoms with van der Waals surface area (Å²) in [6, 6.07) is 0. The molecule has 0 aromatic rings. The molecule has 0 aliphatic heterocycles. The fourth-order valence-corrected chi connectivity index (χ4v) is 0.518. The molecule has 0 bridgehead atoms. The number of rotatable bonds is 3. The lowest BCUT2D eigenvalue weighted by atomic mass is 10.2. The number of allylic oxidation sites excluding steroid dienone is 1. The van der Waals surface area contributed by atoms with E-state index in [2.05, 4.69) is 23.7 Å². The Hall–Kier alpha value is -1.75. The summed E-state index contributed by atoms with van der Waals surface area (Å²) in [6.07, 6.45) is 1.46. The minimum absolute atomic E-state index is 0.0114. The zero-order valence-corrected chi connectivity index (χ0v) is 7.40. The van der Waals surface area contributed by atoms with Crippen LogP contribution < -0.4 is 0 Å². The maximum Gasteiger partial charge on any atom is 0.332 e. The van der Waals surface area contributed by atoms with Crippen LogP contribution in [0.15, 0.2) is 12.2 Å². The smallest absolute Gasteiger partial charge is 0.332 e. The van der Waals surface area contributed by atoms with Crippen LogP contribution in [0, 0.1) is 23.7 Å². The molecule has 0 fully saturated rings. The van der Waals surface area contributed by atoms with Crippen molar-refractivity contribution in [2.45, 2.75) is 12.5 Å². The fourth-order valence-electron chi connectivity index (χ4n) is 0.518. The highest BCUT2D eigenvalue weighted by molar-refractivity contribution is 5.72. The second-order valence-electron chi connectivity index (χ2n) is 2.22. The van der Waals surface area contributed by atoms with Gasteiger partial charge in [0.05, 0.1) is 0 Å². The highest BCUT2D eigenvalue weighted by Gasteiger charge is 2.09. The molecule has 0 rings (SSSR count). The Morgan fingerprint density at radius 1 is 1.43 bits per heavy atom.